The lowest BCUT2D eigenvalue weighted by atomic mass is 9.99. The number of piperidine rings is 1. The fourth-order valence-corrected chi connectivity index (χ4v) is 3.11. The number of rotatable bonds is 6. The average Bonchev–Trinajstić information content (AvgIpc) is 2.68. The Morgan fingerprint density at radius 1 is 1.04 bits per heavy atom. The van der Waals surface area contributed by atoms with Gasteiger partial charge in [0.1, 0.15) is 5.82 Å². The molecule has 1 saturated heterocycles. The van der Waals surface area contributed by atoms with Crippen LogP contribution in [0.2, 0.25) is 0 Å². The third kappa shape index (κ3) is 3.92. The van der Waals surface area contributed by atoms with E-state index in [2.05, 4.69) is 27.1 Å². The number of hydrogen-bond acceptors (Lipinski definition) is 7. The van der Waals surface area contributed by atoms with Crippen molar-refractivity contribution < 1.29 is 14.2 Å². The lowest BCUT2D eigenvalue weighted by Gasteiger charge is -2.31. The highest BCUT2D eigenvalue weighted by molar-refractivity contribution is 5.66. The number of aromatic nitrogens is 2. The predicted molar refractivity (Wildman–Crippen MR) is 102 cm³/mol. The molecule has 1 aromatic heterocycles. The van der Waals surface area contributed by atoms with Gasteiger partial charge in [0.2, 0.25) is 11.7 Å². The molecule has 0 saturated carbocycles. The zero-order valence-corrected chi connectivity index (χ0v) is 15.8. The van der Waals surface area contributed by atoms with E-state index in [0.717, 1.165) is 30.5 Å². The van der Waals surface area contributed by atoms with Crippen LogP contribution in [0.1, 0.15) is 19.8 Å². The molecule has 0 unspecified atom stereocenters. The summed E-state index contributed by atoms with van der Waals surface area (Å²) in [5, 5.41) is 3.23. The van der Waals surface area contributed by atoms with E-state index in [0.29, 0.717) is 23.2 Å². The second-order valence-electron chi connectivity index (χ2n) is 6.45. The standard InChI is InChI=1S/C19H26N4O3/c1-13-6-9-23(10-7-13)17-5-8-20-19(22-17)21-14-11-15(24-2)18(26-4)16(12-14)25-3/h5,8,11-13H,6-7,9-10H2,1-4H3,(H,20,21,22). The molecule has 7 heteroatoms. The van der Waals surface area contributed by atoms with Crippen LogP contribution in [0.3, 0.4) is 0 Å². The van der Waals surface area contributed by atoms with Crippen LogP contribution >= 0.6 is 0 Å². The SMILES string of the molecule is COc1cc(Nc2nccc(N3CCC(C)CC3)n2)cc(OC)c1OC. The normalized spacial score (nSPS) is 14.8. The van der Waals surface area contributed by atoms with Crippen molar-refractivity contribution in [2.24, 2.45) is 5.92 Å². The molecule has 0 atom stereocenters. The lowest BCUT2D eigenvalue weighted by molar-refractivity contribution is 0.324. The number of nitrogens with one attached hydrogen (secondary N) is 1. The van der Waals surface area contributed by atoms with Gasteiger partial charge in [0, 0.05) is 37.1 Å². The van der Waals surface area contributed by atoms with E-state index >= 15 is 0 Å². The molecule has 7 nitrogen and oxygen atoms in total. The second kappa shape index (κ2) is 8.12. The molecule has 140 valence electrons. The van der Waals surface area contributed by atoms with Gasteiger partial charge in [-0.15, -0.1) is 0 Å². The van der Waals surface area contributed by atoms with Crippen LogP contribution in [0.5, 0.6) is 17.2 Å². The molecular weight excluding hydrogens is 332 g/mol. The fraction of sp³-hybridized carbons (Fsp3) is 0.474. The Morgan fingerprint density at radius 3 is 2.27 bits per heavy atom. The Labute approximate surface area is 154 Å². The van der Waals surface area contributed by atoms with Crippen LogP contribution in [-0.4, -0.2) is 44.4 Å². The smallest absolute Gasteiger partial charge is 0.229 e. The topological polar surface area (TPSA) is 68.7 Å². The molecule has 0 amide bonds. The third-order valence-corrected chi connectivity index (χ3v) is 4.67. The van der Waals surface area contributed by atoms with E-state index in [1.54, 1.807) is 27.5 Å². The largest absolute Gasteiger partial charge is 0.493 e. The predicted octanol–water partition coefficient (Wildman–Crippen LogP) is 3.48. The molecule has 0 aliphatic carbocycles. The van der Waals surface area contributed by atoms with Crippen molar-refractivity contribution in [2.45, 2.75) is 19.8 Å². The number of anilines is 3. The van der Waals surface area contributed by atoms with Crippen LogP contribution in [0, 0.1) is 5.92 Å². The molecule has 1 N–H and O–H groups in total. The maximum absolute atomic E-state index is 5.39. The summed E-state index contributed by atoms with van der Waals surface area (Å²) < 4.78 is 16.1. The minimum Gasteiger partial charge on any atom is -0.493 e. The molecule has 1 aliphatic heterocycles. The first-order valence-corrected chi connectivity index (χ1v) is 8.79. The molecule has 1 fully saturated rings. The van der Waals surface area contributed by atoms with Crippen LogP contribution in [-0.2, 0) is 0 Å². The number of ether oxygens (including phenoxy) is 3. The molecular formula is C19H26N4O3. The molecule has 0 radical (unpaired) electrons. The Kier molecular flexibility index (Phi) is 5.65. The maximum Gasteiger partial charge on any atom is 0.229 e. The van der Waals surface area contributed by atoms with Crippen molar-refractivity contribution in [3.8, 4) is 17.2 Å². The molecule has 3 rings (SSSR count). The highest BCUT2D eigenvalue weighted by atomic mass is 16.5. The van der Waals surface area contributed by atoms with Crippen molar-refractivity contribution in [3.05, 3.63) is 24.4 Å². The Balaban J connectivity index is 1.82. The van der Waals surface area contributed by atoms with Crippen molar-refractivity contribution in [1.29, 1.82) is 0 Å². The summed E-state index contributed by atoms with van der Waals surface area (Å²) in [6.07, 6.45) is 4.17. The van der Waals surface area contributed by atoms with Crippen LogP contribution < -0.4 is 24.4 Å². The molecule has 2 heterocycles. The molecule has 0 spiro atoms. The van der Waals surface area contributed by atoms with Gasteiger partial charge in [-0.2, -0.15) is 4.98 Å². The van der Waals surface area contributed by atoms with E-state index in [-0.39, 0.29) is 0 Å². The van der Waals surface area contributed by atoms with Gasteiger partial charge in [0.15, 0.2) is 11.5 Å². The summed E-state index contributed by atoms with van der Waals surface area (Å²) in [6.45, 7) is 4.36. The fourth-order valence-electron chi connectivity index (χ4n) is 3.11. The van der Waals surface area contributed by atoms with Gasteiger partial charge < -0.3 is 24.4 Å². The van der Waals surface area contributed by atoms with Crippen LogP contribution in [0.4, 0.5) is 17.5 Å². The first-order valence-electron chi connectivity index (χ1n) is 8.79. The Bertz CT molecular complexity index is 720. The minimum atomic E-state index is 0.537. The van der Waals surface area contributed by atoms with E-state index in [1.807, 2.05) is 18.2 Å². The second-order valence-corrected chi connectivity index (χ2v) is 6.45. The van der Waals surface area contributed by atoms with Crippen LogP contribution in [0.15, 0.2) is 24.4 Å². The van der Waals surface area contributed by atoms with Crippen molar-refractivity contribution in [2.75, 3.05) is 44.6 Å². The van der Waals surface area contributed by atoms with Gasteiger partial charge in [-0.25, -0.2) is 4.98 Å². The third-order valence-electron chi connectivity index (χ3n) is 4.67. The first kappa shape index (κ1) is 18.1. The van der Waals surface area contributed by atoms with E-state index in [1.165, 1.54) is 12.8 Å². The van der Waals surface area contributed by atoms with E-state index in [4.69, 9.17) is 14.2 Å². The molecule has 2 aromatic rings. The monoisotopic (exact) mass is 358 g/mol. The minimum absolute atomic E-state index is 0.537. The lowest BCUT2D eigenvalue weighted by Crippen LogP contribution is -2.33. The molecule has 26 heavy (non-hydrogen) atoms. The quantitative estimate of drug-likeness (QED) is 0.848. The molecule has 1 aromatic carbocycles. The van der Waals surface area contributed by atoms with Crippen molar-refractivity contribution in [1.82, 2.24) is 9.97 Å². The summed E-state index contributed by atoms with van der Waals surface area (Å²) in [5.74, 6) is 3.98. The molecule has 0 bridgehead atoms. The van der Waals surface area contributed by atoms with Crippen molar-refractivity contribution in [3.63, 3.8) is 0 Å². The summed E-state index contributed by atoms with van der Waals surface area (Å²) in [6, 6.07) is 5.62. The Hall–Kier alpha value is -2.70. The van der Waals surface area contributed by atoms with Gasteiger partial charge in [-0.3, -0.25) is 0 Å². The highest BCUT2D eigenvalue weighted by Crippen LogP contribution is 2.40. The average molecular weight is 358 g/mol. The number of benzene rings is 1. The highest BCUT2D eigenvalue weighted by Gasteiger charge is 2.18. The zero-order valence-electron chi connectivity index (χ0n) is 15.8. The van der Waals surface area contributed by atoms with E-state index < -0.39 is 0 Å². The summed E-state index contributed by atoms with van der Waals surface area (Å²) >= 11 is 0. The number of hydrogen-bond donors (Lipinski definition) is 1. The molecule has 1 aliphatic rings. The maximum atomic E-state index is 5.39. The van der Waals surface area contributed by atoms with Gasteiger partial charge in [-0.1, -0.05) is 6.92 Å². The van der Waals surface area contributed by atoms with Gasteiger partial charge in [-0.05, 0) is 24.8 Å². The van der Waals surface area contributed by atoms with E-state index in [9.17, 15) is 0 Å². The van der Waals surface area contributed by atoms with Gasteiger partial charge >= 0.3 is 0 Å². The number of nitrogens with zero attached hydrogens (tertiary/aromatic N) is 3. The summed E-state index contributed by atoms with van der Waals surface area (Å²) in [4.78, 5) is 11.3. The van der Waals surface area contributed by atoms with Gasteiger partial charge in [0.25, 0.3) is 0 Å². The number of methoxy groups -OCH3 is 3. The van der Waals surface area contributed by atoms with Gasteiger partial charge in [0.05, 0.1) is 21.3 Å². The van der Waals surface area contributed by atoms with Crippen molar-refractivity contribution >= 4 is 17.5 Å². The summed E-state index contributed by atoms with van der Waals surface area (Å²) in [7, 11) is 4.77. The Morgan fingerprint density at radius 2 is 1.69 bits per heavy atom. The summed E-state index contributed by atoms with van der Waals surface area (Å²) in [5.41, 5.74) is 0.768. The zero-order chi connectivity index (χ0) is 18.5. The first-order chi connectivity index (χ1) is 12.6. The van der Waals surface area contributed by atoms with Crippen LogP contribution in [0.25, 0.3) is 0 Å².